The van der Waals surface area contributed by atoms with Crippen molar-refractivity contribution in [1.29, 1.82) is 0 Å². The summed E-state index contributed by atoms with van der Waals surface area (Å²) in [6.07, 6.45) is -3.87. The minimum absolute atomic E-state index is 0.0415. The van der Waals surface area contributed by atoms with E-state index in [1.807, 2.05) is 0 Å². The second-order valence-electron chi connectivity index (χ2n) is 4.21. The monoisotopic (exact) mass is 278 g/mol. The molecule has 0 unspecified atom stereocenters. The van der Waals surface area contributed by atoms with Gasteiger partial charge in [0, 0.05) is 0 Å². The predicted octanol–water partition coefficient (Wildman–Crippen LogP) is 3.52. The van der Waals surface area contributed by atoms with Gasteiger partial charge in [-0.1, -0.05) is 26.0 Å². The average molecular weight is 278 g/mol. The smallest absolute Gasteiger partial charge is 0.487 e. The largest absolute Gasteiger partial charge is 0.573 e. The van der Waals surface area contributed by atoms with Crippen LogP contribution in [0.2, 0.25) is 0 Å². The number of benzene rings is 1. The summed E-state index contributed by atoms with van der Waals surface area (Å²) in [5.41, 5.74) is -1.05. The highest BCUT2D eigenvalue weighted by atomic mass is 19.4. The van der Waals surface area contributed by atoms with Gasteiger partial charge < -0.3 is 14.6 Å². The van der Waals surface area contributed by atoms with E-state index in [0.717, 1.165) is 0 Å². The first-order chi connectivity index (χ1) is 8.79. The van der Waals surface area contributed by atoms with E-state index in [1.165, 1.54) is 24.3 Å². The van der Waals surface area contributed by atoms with E-state index < -0.39 is 17.7 Å². The Kier molecular flexibility index (Phi) is 5.05. The second-order valence-corrected chi connectivity index (χ2v) is 4.21. The third kappa shape index (κ3) is 4.98. The zero-order chi connectivity index (χ0) is 14.5. The molecule has 0 amide bonds. The number of aliphatic hydroxyl groups is 1. The molecule has 0 saturated carbocycles. The van der Waals surface area contributed by atoms with E-state index >= 15 is 0 Å². The molecule has 1 aromatic rings. The van der Waals surface area contributed by atoms with Crippen LogP contribution in [-0.4, -0.2) is 23.7 Å². The number of hydrogen-bond acceptors (Lipinski definition) is 3. The molecule has 0 bridgehead atoms. The quantitative estimate of drug-likeness (QED) is 0.865. The van der Waals surface area contributed by atoms with E-state index in [4.69, 9.17) is 4.74 Å². The molecule has 0 heterocycles. The number of alkyl halides is 3. The highest BCUT2D eigenvalue weighted by Gasteiger charge is 2.32. The normalized spacial score (nSPS) is 12.3. The minimum Gasteiger partial charge on any atom is -0.487 e. The third-order valence-corrected chi connectivity index (χ3v) is 2.89. The molecule has 6 heteroatoms. The summed E-state index contributed by atoms with van der Waals surface area (Å²) in [7, 11) is 0. The van der Waals surface area contributed by atoms with Crippen molar-refractivity contribution in [2.75, 3.05) is 6.61 Å². The molecule has 0 atom stereocenters. The van der Waals surface area contributed by atoms with Crippen molar-refractivity contribution in [2.45, 2.75) is 38.7 Å². The Hall–Kier alpha value is -1.43. The molecule has 0 aliphatic rings. The zero-order valence-electron chi connectivity index (χ0n) is 10.8. The molecule has 1 N–H and O–H groups in total. The van der Waals surface area contributed by atoms with Gasteiger partial charge in [-0.3, -0.25) is 0 Å². The molecule has 0 radical (unpaired) electrons. The van der Waals surface area contributed by atoms with Crippen LogP contribution in [0.1, 0.15) is 26.7 Å². The van der Waals surface area contributed by atoms with Crippen LogP contribution in [0.15, 0.2) is 24.3 Å². The van der Waals surface area contributed by atoms with Gasteiger partial charge in [0.25, 0.3) is 0 Å². The van der Waals surface area contributed by atoms with Gasteiger partial charge in [0.15, 0.2) is 11.5 Å². The first-order valence-electron chi connectivity index (χ1n) is 5.99. The van der Waals surface area contributed by atoms with Gasteiger partial charge in [-0.25, -0.2) is 0 Å². The number of hydrogen-bond donors (Lipinski definition) is 1. The van der Waals surface area contributed by atoms with E-state index in [1.54, 1.807) is 13.8 Å². The molecule has 0 aromatic heterocycles. The van der Waals surface area contributed by atoms with Crippen LogP contribution in [0.25, 0.3) is 0 Å². The Morgan fingerprint density at radius 1 is 1.05 bits per heavy atom. The lowest BCUT2D eigenvalue weighted by Gasteiger charge is -2.25. The molecule has 108 valence electrons. The summed E-state index contributed by atoms with van der Waals surface area (Å²) >= 11 is 0. The highest BCUT2D eigenvalue weighted by Crippen LogP contribution is 2.32. The molecule has 3 nitrogen and oxygen atoms in total. The second kappa shape index (κ2) is 6.14. The van der Waals surface area contributed by atoms with Gasteiger partial charge in [0.1, 0.15) is 6.61 Å². The van der Waals surface area contributed by atoms with Crippen molar-refractivity contribution in [3.63, 3.8) is 0 Å². The van der Waals surface area contributed by atoms with E-state index in [-0.39, 0.29) is 12.4 Å². The van der Waals surface area contributed by atoms with Crippen molar-refractivity contribution < 1.29 is 27.8 Å². The topological polar surface area (TPSA) is 38.7 Å². The molecule has 1 aromatic carbocycles. The number of halogens is 3. The summed E-state index contributed by atoms with van der Waals surface area (Å²) in [5, 5.41) is 10.0. The third-order valence-electron chi connectivity index (χ3n) is 2.89. The van der Waals surface area contributed by atoms with Crippen molar-refractivity contribution >= 4 is 0 Å². The van der Waals surface area contributed by atoms with Crippen molar-refractivity contribution in [1.82, 2.24) is 0 Å². The zero-order valence-corrected chi connectivity index (χ0v) is 10.8. The van der Waals surface area contributed by atoms with Crippen LogP contribution in [0.3, 0.4) is 0 Å². The lowest BCUT2D eigenvalue weighted by atomic mass is 9.99. The lowest BCUT2D eigenvalue weighted by Crippen LogP contribution is -2.34. The number of ether oxygens (including phenoxy) is 2. The molecule has 1 rings (SSSR count). The van der Waals surface area contributed by atoms with Crippen LogP contribution in [0.5, 0.6) is 11.5 Å². The summed E-state index contributed by atoms with van der Waals surface area (Å²) < 4.78 is 45.7. The first kappa shape index (κ1) is 15.6. The molecule has 0 aliphatic carbocycles. The van der Waals surface area contributed by atoms with Crippen LogP contribution in [-0.2, 0) is 0 Å². The molecule has 19 heavy (non-hydrogen) atoms. The van der Waals surface area contributed by atoms with E-state index in [2.05, 4.69) is 4.74 Å². The van der Waals surface area contributed by atoms with Gasteiger partial charge in [-0.05, 0) is 25.0 Å². The summed E-state index contributed by atoms with van der Waals surface area (Å²) in [4.78, 5) is 0. The Balaban J connectivity index is 2.78. The molecule has 0 fully saturated rings. The Morgan fingerprint density at radius 2 is 1.58 bits per heavy atom. The van der Waals surface area contributed by atoms with Crippen molar-refractivity contribution in [2.24, 2.45) is 0 Å². The van der Waals surface area contributed by atoms with Gasteiger partial charge in [-0.2, -0.15) is 0 Å². The summed E-state index contributed by atoms with van der Waals surface area (Å²) in [5.74, 6) is -0.454. The Bertz CT molecular complexity index is 400. The van der Waals surface area contributed by atoms with Crippen LogP contribution >= 0.6 is 0 Å². The van der Waals surface area contributed by atoms with Crippen molar-refractivity contribution in [3.05, 3.63) is 24.3 Å². The molecular weight excluding hydrogens is 261 g/mol. The van der Waals surface area contributed by atoms with Crippen LogP contribution in [0.4, 0.5) is 13.2 Å². The summed E-state index contributed by atoms with van der Waals surface area (Å²) in [6, 6.07) is 5.49. The SMILES string of the molecule is CCC(O)(CC)COc1ccccc1OC(F)(F)F. The van der Waals surface area contributed by atoms with Gasteiger partial charge in [-0.15, -0.1) is 13.2 Å². The maximum absolute atomic E-state index is 12.2. The first-order valence-corrected chi connectivity index (χ1v) is 5.99. The van der Waals surface area contributed by atoms with Crippen LogP contribution in [0, 0.1) is 0 Å². The Morgan fingerprint density at radius 3 is 2.05 bits per heavy atom. The number of para-hydroxylation sites is 2. The highest BCUT2D eigenvalue weighted by molar-refractivity contribution is 5.39. The molecule has 0 saturated heterocycles. The van der Waals surface area contributed by atoms with E-state index in [0.29, 0.717) is 12.8 Å². The van der Waals surface area contributed by atoms with Crippen LogP contribution < -0.4 is 9.47 Å². The molecule has 0 aliphatic heterocycles. The van der Waals surface area contributed by atoms with Gasteiger partial charge in [0.2, 0.25) is 0 Å². The fourth-order valence-electron chi connectivity index (χ4n) is 1.44. The standard InChI is InChI=1S/C13H17F3O3/c1-3-12(17,4-2)9-18-10-7-5-6-8-11(10)19-13(14,15)16/h5-8,17H,3-4,9H2,1-2H3. The fourth-order valence-corrected chi connectivity index (χ4v) is 1.44. The summed E-state index contributed by atoms with van der Waals surface area (Å²) in [6.45, 7) is 3.48. The van der Waals surface area contributed by atoms with Gasteiger partial charge in [0.05, 0.1) is 5.60 Å². The maximum Gasteiger partial charge on any atom is 0.573 e. The van der Waals surface area contributed by atoms with Crippen molar-refractivity contribution in [3.8, 4) is 11.5 Å². The fraction of sp³-hybridized carbons (Fsp3) is 0.538. The maximum atomic E-state index is 12.2. The molecule has 0 spiro atoms. The van der Waals surface area contributed by atoms with E-state index in [9.17, 15) is 18.3 Å². The Labute approximate surface area is 110 Å². The van der Waals surface area contributed by atoms with Gasteiger partial charge >= 0.3 is 6.36 Å². The lowest BCUT2D eigenvalue weighted by molar-refractivity contribution is -0.275. The molecular formula is C13H17F3O3. The average Bonchev–Trinajstić information content (AvgIpc) is 2.35. The predicted molar refractivity (Wildman–Crippen MR) is 64.2 cm³/mol. The minimum atomic E-state index is -4.77. The number of rotatable bonds is 6.